The van der Waals surface area contributed by atoms with Crippen LogP contribution in [0.15, 0.2) is 60.7 Å². The normalized spacial score (nSPS) is 11.8. The van der Waals surface area contributed by atoms with E-state index in [1.807, 2.05) is 18.2 Å². The second kappa shape index (κ2) is 7.74. The van der Waals surface area contributed by atoms with Gasteiger partial charge in [0.15, 0.2) is 0 Å². The van der Waals surface area contributed by atoms with Gasteiger partial charge in [0, 0.05) is 11.8 Å². The number of nitrogens with zero attached hydrogens (tertiary/aromatic N) is 1. The van der Waals surface area contributed by atoms with Crippen molar-refractivity contribution in [1.29, 1.82) is 0 Å². The summed E-state index contributed by atoms with van der Waals surface area (Å²) in [7, 11) is 1.24. The number of carbonyl (C=O) groups excluding carboxylic acids is 2. The molecule has 1 atom stereocenters. The van der Waals surface area contributed by atoms with E-state index < -0.39 is 23.7 Å². The minimum absolute atomic E-state index is 0.115. The standard InChI is InChI=1S/C20H17FN2O3/c1-26-20(25)18(12-13-5-4-7-15(21)11-13)23-19(24)17-10-9-14-6-2-3-8-16(14)22-17/h2-11,18H,12H2,1H3,(H,23,24)/t18-/m0/s1. The fourth-order valence-electron chi connectivity index (χ4n) is 2.66. The number of nitrogens with one attached hydrogen (secondary N) is 1. The van der Waals surface area contributed by atoms with E-state index in [9.17, 15) is 14.0 Å². The lowest BCUT2D eigenvalue weighted by Gasteiger charge is -2.16. The van der Waals surface area contributed by atoms with Gasteiger partial charge in [-0.1, -0.05) is 36.4 Å². The molecule has 0 saturated carbocycles. The van der Waals surface area contributed by atoms with Crippen LogP contribution in [-0.4, -0.2) is 30.0 Å². The van der Waals surface area contributed by atoms with Crippen LogP contribution in [0.25, 0.3) is 10.9 Å². The van der Waals surface area contributed by atoms with Crippen molar-refractivity contribution in [3.05, 3.63) is 77.7 Å². The summed E-state index contributed by atoms with van der Waals surface area (Å²) in [4.78, 5) is 28.9. The van der Waals surface area contributed by atoms with Crippen molar-refractivity contribution >= 4 is 22.8 Å². The number of esters is 1. The van der Waals surface area contributed by atoms with Gasteiger partial charge in [0.05, 0.1) is 12.6 Å². The summed E-state index contributed by atoms with van der Waals surface area (Å²) < 4.78 is 18.1. The lowest BCUT2D eigenvalue weighted by atomic mass is 10.1. The van der Waals surface area contributed by atoms with E-state index in [0.29, 0.717) is 11.1 Å². The smallest absolute Gasteiger partial charge is 0.328 e. The second-order valence-electron chi connectivity index (χ2n) is 5.77. The maximum Gasteiger partial charge on any atom is 0.328 e. The van der Waals surface area contributed by atoms with Crippen LogP contribution in [0.4, 0.5) is 4.39 Å². The van der Waals surface area contributed by atoms with Crippen molar-refractivity contribution in [3.63, 3.8) is 0 Å². The Bertz CT molecular complexity index is 958. The zero-order valence-electron chi connectivity index (χ0n) is 14.1. The minimum atomic E-state index is -0.942. The number of carbonyl (C=O) groups is 2. The molecular formula is C20H17FN2O3. The summed E-state index contributed by atoms with van der Waals surface area (Å²) in [6.07, 6.45) is 0.115. The van der Waals surface area contributed by atoms with Crippen LogP contribution >= 0.6 is 0 Å². The van der Waals surface area contributed by atoms with Gasteiger partial charge in [0.25, 0.3) is 5.91 Å². The molecule has 0 fully saturated rings. The molecule has 0 saturated heterocycles. The summed E-state index contributed by atoms with van der Waals surface area (Å²) in [6.45, 7) is 0. The van der Waals surface area contributed by atoms with Gasteiger partial charge in [-0.25, -0.2) is 14.2 Å². The average Bonchev–Trinajstić information content (AvgIpc) is 2.66. The first kappa shape index (κ1) is 17.5. The van der Waals surface area contributed by atoms with Crippen LogP contribution in [0.1, 0.15) is 16.1 Å². The Morgan fingerprint density at radius 1 is 1.12 bits per heavy atom. The Morgan fingerprint density at radius 3 is 2.69 bits per heavy atom. The molecule has 0 radical (unpaired) electrons. The quantitative estimate of drug-likeness (QED) is 0.717. The number of aromatic nitrogens is 1. The van der Waals surface area contributed by atoms with E-state index >= 15 is 0 Å². The molecule has 2 aromatic carbocycles. The predicted molar refractivity (Wildman–Crippen MR) is 95.1 cm³/mol. The first-order chi connectivity index (χ1) is 12.6. The highest BCUT2D eigenvalue weighted by Gasteiger charge is 2.23. The molecule has 26 heavy (non-hydrogen) atoms. The molecular weight excluding hydrogens is 335 g/mol. The summed E-state index contributed by atoms with van der Waals surface area (Å²) in [6, 6.07) is 15.7. The van der Waals surface area contributed by atoms with Crippen LogP contribution in [0, 0.1) is 5.82 Å². The third-order valence-corrected chi connectivity index (χ3v) is 3.95. The molecule has 0 aliphatic carbocycles. The molecule has 0 spiro atoms. The van der Waals surface area contributed by atoms with Crippen molar-refractivity contribution in [2.45, 2.75) is 12.5 Å². The van der Waals surface area contributed by atoms with E-state index in [0.717, 1.165) is 5.39 Å². The number of ether oxygens (including phenoxy) is 1. The van der Waals surface area contributed by atoms with Crippen LogP contribution in [0.5, 0.6) is 0 Å². The van der Waals surface area contributed by atoms with Crippen molar-refractivity contribution < 1.29 is 18.7 Å². The average molecular weight is 352 g/mol. The number of amides is 1. The highest BCUT2D eigenvalue weighted by molar-refractivity contribution is 5.97. The molecule has 5 nitrogen and oxygen atoms in total. The van der Waals surface area contributed by atoms with Gasteiger partial charge >= 0.3 is 5.97 Å². The molecule has 1 amide bonds. The maximum absolute atomic E-state index is 13.4. The summed E-state index contributed by atoms with van der Waals surface area (Å²) in [5, 5.41) is 3.53. The number of fused-ring (bicyclic) bond motifs is 1. The molecule has 6 heteroatoms. The summed E-state index contributed by atoms with van der Waals surface area (Å²) in [5.41, 5.74) is 1.45. The van der Waals surface area contributed by atoms with Crippen molar-refractivity contribution in [1.82, 2.24) is 10.3 Å². The molecule has 132 valence electrons. The monoisotopic (exact) mass is 352 g/mol. The number of benzene rings is 2. The van der Waals surface area contributed by atoms with Gasteiger partial charge in [-0.2, -0.15) is 0 Å². The molecule has 0 aliphatic heterocycles. The Labute approximate surface area is 149 Å². The maximum atomic E-state index is 13.4. The van der Waals surface area contributed by atoms with Gasteiger partial charge in [0.2, 0.25) is 0 Å². The van der Waals surface area contributed by atoms with Crippen LogP contribution < -0.4 is 5.32 Å². The molecule has 3 aromatic rings. The second-order valence-corrected chi connectivity index (χ2v) is 5.77. The van der Waals surface area contributed by atoms with Gasteiger partial charge in [-0.05, 0) is 29.8 Å². The number of para-hydroxylation sites is 1. The summed E-state index contributed by atoms with van der Waals surface area (Å²) >= 11 is 0. The van der Waals surface area contributed by atoms with Gasteiger partial charge < -0.3 is 10.1 Å². The summed E-state index contributed by atoms with van der Waals surface area (Å²) in [5.74, 6) is -1.51. The van der Waals surface area contributed by atoms with E-state index in [1.165, 1.54) is 19.2 Å². The lowest BCUT2D eigenvalue weighted by Crippen LogP contribution is -2.43. The van der Waals surface area contributed by atoms with E-state index in [-0.39, 0.29) is 12.1 Å². The zero-order valence-corrected chi connectivity index (χ0v) is 14.1. The number of hydrogen-bond donors (Lipinski definition) is 1. The highest BCUT2D eigenvalue weighted by atomic mass is 19.1. The van der Waals surface area contributed by atoms with Crippen LogP contribution in [-0.2, 0) is 16.0 Å². The molecule has 1 aromatic heterocycles. The molecule has 0 aliphatic rings. The first-order valence-electron chi connectivity index (χ1n) is 8.06. The Balaban J connectivity index is 1.80. The van der Waals surface area contributed by atoms with E-state index in [4.69, 9.17) is 4.74 Å². The van der Waals surface area contributed by atoms with E-state index in [1.54, 1.807) is 30.3 Å². The number of methoxy groups -OCH3 is 1. The SMILES string of the molecule is COC(=O)[C@H](Cc1cccc(F)c1)NC(=O)c1ccc2ccccc2n1. The highest BCUT2D eigenvalue weighted by Crippen LogP contribution is 2.13. The first-order valence-corrected chi connectivity index (χ1v) is 8.06. The fraction of sp³-hybridized carbons (Fsp3) is 0.150. The van der Waals surface area contributed by atoms with Gasteiger partial charge in [-0.3, -0.25) is 4.79 Å². The van der Waals surface area contributed by atoms with Crippen LogP contribution in [0.2, 0.25) is 0 Å². The molecule has 0 bridgehead atoms. The third-order valence-electron chi connectivity index (χ3n) is 3.95. The van der Waals surface area contributed by atoms with Crippen molar-refractivity contribution in [3.8, 4) is 0 Å². The van der Waals surface area contributed by atoms with Gasteiger partial charge in [-0.15, -0.1) is 0 Å². The zero-order chi connectivity index (χ0) is 18.5. The predicted octanol–water partition coefficient (Wildman–Crippen LogP) is 2.89. The fourth-order valence-corrected chi connectivity index (χ4v) is 2.66. The number of hydrogen-bond acceptors (Lipinski definition) is 4. The number of pyridine rings is 1. The van der Waals surface area contributed by atoms with Crippen molar-refractivity contribution in [2.75, 3.05) is 7.11 Å². The topological polar surface area (TPSA) is 68.3 Å². The minimum Gasteiger partial charge on any atom is -0.467 e. The van der Waals surface area contributed by atoms with E-state index in [2.05, 4.69) is 10.3 Å². The Hall–Kier alpha value is -3.28. The third kappa shape index (κ3) is 4.03. The number of rotatable bonds is 5. The largest absolute Gasteiger partial charge is 0.467 e. The molecule has 1 N–H and O–H groups in total. The Morgan fingerprint density at radius 2 is 1.92 bits per heavy atom. The van der Waals surface area contributed by atoms with Crippen LogP contribution in [0.3, 0.4) is 0 Å². The molecule has 1 heterocycles. The van der Waals surface area contributed by atoms with Gasteiger partial charge in [0.1, 0.15) is 17.6 Å². The number of halogens is 1. The lowest BCUT2D eigenvalue weighted by molar-refractivity contribution is -0.142. The van der Waals surface area contributed by atoms with Crippen molar-refractivity contribution in [2.24, 2.45) is 0 Å². The Kier molecular flexibility index (Phi) is 5.22. The molecule has 0 unspecified atom stereocenters. The molecule has 3 rings (SSSR count).